The first kappa shape index (κ1) is 18.2. The van der Waals surface area contributed by atoms with Crippen LogP contribution in [0.25, 0.3) is 0 Å². The predicted octanol–water partition coefficient (Wildman–Crippen LogP) is 2.19. The second-order valence-electron chi connectivity index (χ2n) is 7.02. The average Bonchev–Trinajstić information content (AvgIpc) is 2.19. The van der Waals surface area contributed by atoms with Gasteiger partial charge in [0, 0.05) is 31.7 Å². The first-order chi connectivity index (χ1) is 7.94. The van der Waals surface area contributed by atoms with Gasteiger partial charge in [-0.05, 0) is 60.7 Å². The smallest absolute Gasteiger partial charge is 0.0199 e. The van der Waals surface area contributed by atoms with Gasteiger partial charge in [0.2, 0.25) is 0 Å². The number of nitrogens with zero attached hydrogens (tertiary/aromatic N) is 3. The number of hydrogen-bond donors (Lipinski definition) is 0. The summed E-state index contributed by atoms with van der Waals surface area (Å²) in [5.41, 5.74) is 0.271. The van der Waals surface area contributed by atoms with Gasteiger partial charge in [-0.1, -0.05) is 0 Å². The van der Waals surface area contributed by atoms with E-state index in [1.54, 1.807) is 0 Å². The minimum absolute atomic E-state index is 0.271. The lowest BCUT2D eigenvalue weighted by atomic mass is 10.1. The van der Waals surface area contributed by atoms with Crippen molar-refractivity contribution in [2.75, 3.05) is 66.1 Å². The van der Waals surface area contributed by atoms with Crippen LogP contribution in [0.4, 0.5) is 0 Å². The zero-order valence-electron chi connectivity index (χ0n) is 14.1. The van der Waals surface area contributed by atoms with Crippen LogP contribution in [0, 0.1) is 0 Å². The Hall–Kier alpha value is 0.230. The second kappa shape index (κ2) is 7.13. The lowest BCUT2D eigenvalue weighted by Crippen LogP contribution is -2.43. The van der Waals surface area contributed by atoms with E-state index in [0.29, 0.717) is 0 Å². The van der Waals surface area contributed by atoms with E-state index in [4.69, 9.17) is 0 Å². The van der Waals surface area contributed by atoms with E-state index in [2.05, 4.69) is 74.8 Å². The molecule has 0 aromatic carbocycles. The van der Waals surface area contributed by atoms with E-state index in [9.17, 15) is 0 Å². The first-order valence-corrected chi connectivity index (χ1v) is 9.55. The summed E-state index contributed by atoms with van der Waals surface area (Å²) in [6.45, 7) is 11.4. The summed E-state index contributed by atoms with van der Waals surface area (Å²) in [7, 11) is 6.12. The first-order valence-electron chi connectivity index (χ1n) is 6.74. The molecule has 0 aliphatic heterocycles. The van der Waals surface area contributed by atoms with Crippen LogP contribution in [0.3, 0.4) is 0 Å². The Bertz CT molecular complexity index is 206. The second-order valence-corrected chi connectivity index (χ2v) is 11.2. The summed E-state index contributed by atoms with van der Waals surface area (Å²) < 4.78 is 2.50. The minimum Gasteiger partial charge on any atom is -0.304 e. The van der Waals surface area contributed by atoms with Gasteiger partial charge in [0.15, 0.2) is 0 Å². The standard InChI is InChI=1S/C14H35N3S/c1-14(2,3)16(5)12-10-15(4)11-13-17(6)18(7,8)9/h10-13H2,1-9H3. The van der Waals surface area contributed by atoms with E-state index in [0.717, 1.165) is 26.2 Å². The molecule has 0 saturated heterocycles. The molecule has 0 unspecified atom stereocenters. The van der Waals surface area contributed by atoms with Gasteiger partial charge in [-0.15, -0.1) is 0 Å². The third-order valence-corrected chi connectivity index (χ3v) is 5.75. The molecule has 0 aromatic heterocycles. The van der Waals surface area contributed by atoms with Gasteiger partial charge in [0.25, 0.3) is 0 Å². The molecule has 0 saturated carbocycles. The third kappa shape index (κ3) is 7.62. The van der Waals surface area contributed by atoms with Crippen molar-refractivity contribution in [3.05, 3.63) is 0 Å². The van der Waals surface area contributed by atoms with Crippen LogP contribution in [0.15, 0.2) is 0 Å². The lowest BCUT2D eigenvalue weighted by Gasteiger charge is -2.38. The summed E-state index contributed by atoms with van der Waals surface area (Å²) in [6, 6.07) is 0. The van der Waals surface area contributed by atoms with Crippen LogP contribution < -0.4 is 0 Å². The van der Waals surface area contributed by atoms with Crippen molar-refractivity contribution in [2.45, 2.75) is 26.3 Å². The van der Waals surface area contributed by atoms with Crippen molar-refractivity contribution in [3.8, 4) is 0 Å². The Morgan fingerprint density at radius 3 is 1.61 bits per heavy atom. The molecule has 0 amide bonds. The molecule has 112 valence electrons. The van der Waals surface area contributed by atoms with Crippen LogP contribution in [-0.2, 0) is 0 Å². The average molecular weight is 278 g/mol. The molecule has 0 aliphatic rings. The van der Waals surface area contributed by atoms with Crippen molar-refractivity contribution in [1.29, 1.82) is 0 Å². The Morgan fingerprint density at radius 2 is 1.22 bits per heavy atom. The van der Waals surface area contributed by atoms with E-state index < -0.39 is 10.2 Å². The Kier molecular flexibility index (Phi) is 7.22. The highest BCUT2D eigenvalue weighted by Crippen LogP contribution is 2.37. The molecule has 0 N–H and O–H groups in total. The van der Waals surface area contributed by atoms with E-state index in [1.807, 2.05) is 0 Å². The lowest BCUT2D eigenvalue weighted by molar-refractivity contribution is 0.153. The predicted molar refractivity (Wildman–Crippen MR) is 87.9 cm³/mol. The van der Waals surface area contributed by atoms with E-state index >= 15 is 0 Å². The van der Waals surface area contributed by atoms with E-state index in [1.165, 1.54) is 0 Å². The van der Waals surface area contributed by atoms with Gasteiger partial charge in [-0.25, -0.2) is 0 Å². The van der Waals surface area contributed by atoms with Gasteiger partial charge in [0.1, 0.15) is 0 Å². The molecule has 0 spiro atoms. The Labute approximate surface area is 117 Å². The highest BCUT2D eigenvalue weighted by Gasteiger charge is 2.17. The van der Waals surface area contributed by atoms with Crippen LogP contribution in [-0.4, -0.2) is 85.7 Å². The van der Waals surface area contributed by atoms with Crippen molar-refractivity contribution in [2.24, 2.45) is 0 Å². The number of rotatable bonds is 7. The highest BCUT2D eigenvalue weighted by atomic mass is 32.3. The van der Waals surface area contributed by atoms with Gasteiger partial charge in [-0.3, -0.25) is 4.31 Å². The Morgan fingerprint density at radius 1 is 0.778 bits per heavy atom. The van der Waals surface area contributed by atoms with Crippen molar-refractivity contribution < 1.29 is 0 Å². The molecule has 0 rings (SSSR count). The molecule has 0 bridgehead atoms. The number of hydrogen-bond acceptors (Lipinski definition) is 3. The van der Waals surface area contributed by atoms with Crippen LogP contribution in [0.2, 0.25) is 0 Å². The summed E-state index contributed by atoms with van der Waals surface area (Å²) in [6.07, 6.45) is 7.04. The molecule has 0 aliphatic carbocycles. The highest BCUT2D eigenvalue weighted by molar-refractivity contribution is 8.30. The van der Waals surface area contributed by atoms with Crippen LogP contribution >= 0.6 is 10.2 Å². The zero-order chi connectivity index (χ0) is 14.6. The largest absolute Gasteiger partial charge is 0.304 e. The fourth-order valence-electron chi connectivity index (χ4n) is 1.35. The normalized spacial score (nSPS) is 14.9. The maximum absolute atomic E-state index is 2.50. The van der Waals surface area contributed by atoms with Gasteiger partial charge >= 0.3 is 0 Å². The molecule has 3 nitrogen and oxygen atoms in total. The van der Waals surface area contributed by atoms with Crippen LogP contribution in [0.5, 0.6) is 0 Å². The molecule has 0 atom stereocenters. The number of likely N-dealkylation sites (N-methyl/N-ethyl adjacent to an activating group) is 3. The third-order valence-electron chi connectivity index (χ3n) is 3.69. The molecule has 4 heteroatoms. The maximum Gasteiger partial charge on any atom is 0.0199 e. The van der Waals surface area contributed by atoms with Crippen LogP contribution in [0.1, 0.15) is 20.8 Å². The van der Waals surface area contributed by atoms with Crippen molar-refractivity contribution in [1.82, 2.24) is 14.1 Å². The monoisotopic (exact) mass is 277 g/mol. The SMILES string of the molecule is CN(CCN(C)C(C)(C)C)CCN(C)S(C)(C)C. The zero-order valence-corrected chi connectivity index (χ0v) is 14.9. The molecular weight excluding hydrogens is 242 g/mol. The molecule has 0 fully saturated rings. The summed E-state index contributed by atoms with van der Waals surface area (Å²) >= 11 is 0. The minimum atomic E-state index is -0.557. The molecule has 18 heavy (non-hydrogen) atoms. The van der Waals surface area contributed by atoms with Gasteiger partial charge < -0.3 is 9.80 Å². The summed E-state index contributed by atoms with van der Waals surface area (Å²) in [5.74, 6) is 0. The van der Waals surface area contributed by atoms with Crippen molar-refractivity contribution in [3.63, 3.8) is 0 Å². The van der Waals surface area contributed by atoms with Crippen molar-refractivity contribution >= 4 is 10.2 Å². The fraction of sp³-hybridized carbons (Fsp3) is 1.00. The molecule has 0 aromatic rings. The fourth-order valence-corrected chi connectivity index (χ4v) is 1.98. The van der Waals surface area contributed by atoms with Gasteiger partial charge in [0.05, 0.1) is 0 Å². The quantitative estimate of drug-likeness (QED) is 0.706. The molecular formula is C14H35N3S. The van der Waals surface area contributed by atoms with E-state index in [-0.39, 0.29) is 5.54 Å². The summed E-state index contributed by atoms with van der Waals surface area (Å²) in [4.78, 5) is 4.85. The molecule has 0 radical (unpaired) electrons. The topological polar surface area (TPSA) is 9.72 Å². The maximum atomic E-state index is 2.50. The Balaban J connectivity index is 3.89. The molecule has 0 heterocycles. The summed E-state index contributed by atoms with van der Waals surface area (Å²) in [5, 5.41) is 0. The van der Waals surface area contributed by atoms with Gasteiger partial charge in [-0.2, -0.15) is 10.2 Å².